The SMILES string of the molecule is SC1Nc2c(SCCCc3ccccc3)nc(SCCCc3ccccc3)nc2N1CCCc1ccccc1. The molecule has 0 fully saturated rings. The van der Waals surface area contributed by atoms with Crippen molar-refractivity contribution in [1.82, 2.24) is 9.97 Å². The summed E-state index contributed by atoms with van der Waals surface area (Å²) < 4.78 is 0. The molecule has 0 saturated heterocycles. The van der Waals surface area contributed by atoms with E-state index >= 15 is 0 Å². The first-order valence-corrected chi connectivity index (χ1v) is 16.3. The Hall–Kier alpha value is -2.61. The van der Waals surface area contributed by atoms with Gasteiger partial charge < -0.3 is 10.2 Å². The molecule has 202 valence electrons. The molecule has 4 nitrogen and oxygen atoms in total. The van der Waals surface area contributed by atoms with E-state index in [1.54, 1.807) is 11.8 Å². The first kappa shape index (κ1) is 27.9. The van der Waals surface area contributed by atoms with Crippen molar-refractivity contribution in [2.45, 2.75) is 54.2 Å². The Balaban J connectivity index is 1.24. The predicted octanol–water partition coefficient (Wildman–Crippen LogP) is 8.00. The van der Waals surface area contributed by atoms with Gasteiger partial charge in [-0.05, 0) is 61.0 Å². The number of nitrogens with one attached hydrogen (secondary N) is 1. The highest BCUT2D eigenvalue weighted by molar-refractivity contribution is 7.99. The van der Waals surface area contributed by atoms with Crippen LogP contribution in [-0.4, -0.2) is 33.5 Å². The number of fused-ring (bicyclic) bond motifs is 1. The molecule has 0 amide bonds. The number of aromatic nitrogens is 2. The van der Waals surface area contributed by atoms with Crippen LogP contribution in [-0.2, 0) is 19.3 Å². The Kier molecular flexibility index (Phi) is 10.5. The van der Waals surface area contributed by atoms with E-state index in [1.165, 1.54) is 16.7 Å². The van der Waals surface area contributed by atoms with Crippen molar-refractivity contribution < 1.29 is 0 Å². The minimum absolute atomic E-state index is 0.0907. The third-order valence-corrected chi connectivity index (χ3v) is 9.16. The number of rotatable bonds is 14. The van der Waals surface area contributed by atoms with Crippen LogP contribution in [0.2, 0.25) is 0 Å². The standard InChI is InChI=1S/C32H36N4S3/c37-32-33-28-29(36(32)22-10-19-25-13-4-1-5-14-25)34-31(39-24-12-21-27-17-8-3-9-18-27)35-30(28)38-23-11-20-26-15-6-2-7-16-26/h1-9,13-18,32-33,37H,10-12,19-24H2. The number of anilines is 2. The van der Waals surface area contributed by atoms with Crippen LogP contribution in [0.25, 0.3) is 0 Å². The second kappa shape index (κ2) is 14.7. The highest BCUT2D eigenvalue weighted by Gasteiger charge is 2.31. The average Bonchev–Trinajstić information content (AvgIpc) is 3.30. The molecule has 3 aromatic carbocycles. The van der Waals surface area contributed by atoms with Crippen LogP contribution in [0, 0.1) is 0 Å². The molecule has 1 aromatic heterocycles. The van der Waals surface area contributed by atoms with Gasteiger partial charge in [0.2, 0.25) is 0 Å². The molecule has 0 radical (unpaired) electrons. The summed E-state index contributed by atoms with van der Waals surface area (Å²) in [5, 5.41) is 5.48. The number of benzene rings is 3. The van der Waals surface area contributed by atoms with Crippen molar-refractivity contribution in [3.8, 4) is 0 Å². The smallest absolute Gasteiger partial charge is 0.190 e. The van der Waals surface area contributed by atoms with Gasteiger partial charge >= 0.3 is 0 Å². The number of nitrogens with zero attached hydrogens (tertiary/aromatic N) is 3. The number of hydrogen-bond acceptors (Lipinski definition) is 7. The minimum atomic E-state index is -0.0907. The Morgan fingerprint density at radius 1 is 0.667 bits per heavy atom. The van der Waals surface area contributed by atoms with Crippen LogP contribution in [0.4, 0.5) is 11.5 Å². The van der Waals surface area contributed by atoms with E-state index in [2.05, 4.69) is 101 Å². The Bertz CT molecular complexity index is 1290. The van der Waals surface area contributed by atoms with Gasteiger partial charge in [0.15, 0.2) is 11.0 Å². The van der Waals surface area contributed by atoms with E-state index in [-0.39, 0.29) is 5.50 Å². The van der Waals surface area contributed by atoms with Crippen LogP contribution < -0.4 is 10.2 Å². The van der Waals surface area contributed by atoms with E-state index in [9.17, 15) is 0 Å². The maximum Gasteiger partial charge on any atom is 0.190 e. The molecule has 2 heterocycles. The maximum absolute atomic E-state index is 5.04. The van der Waals surface area contributed by atoms with Crippen molar-refractivity contribution in [2.75, 3.05) is 28.3 Å². The number of hydrogen-bond donors (Lipinski definition) is 2. The normalized spacial score (nSPS) is 14.3. The molecule has 1 N–H and O–H groups in total. The van der Waals surface area contributed by atoms with E-state index in [1.807, 2.05) is 11.8 Å². The summed E-state index contributed by atoms with van der Waals surface area (Å²) in [6.07, 6.45) is 6.45. The third kappa shape index (κ3) is 8.19. The van der Waals surface area contributed by atoms with E-state index in [4.69, 9.17) is 22.6 Å². The summed E-state index contributed by atoms with van der Waals surface area (Å²) in [4.78, 5) is 12.4. The highest BCUT2D eigenvalue weighted by atomic mass is 32.2. The van der Waals surface area contributed by atoms with E-state index in [0.717, 1.165) is 78.3 Å². The van der Waals surface area contributed by atoms with Crippen LogP contribution in [0.1, 0.15) is 36.0 Å². The molecule has 4 aromatic rings. The predicted molar refractivity (Wildman–Crippen MR) is 172 cm³/mol. The van der Waals surface area contributed by atoms with Gasteiger partial charge in [0.1, 0.15) is 16.2 Å². The van der Waals surface area contributed by atoms with Gasteiger partial charge in [-0.2, -0.15) is 0 Å². The van der Waals surface area contributed by atoms with E-state index < -0.39 is 0 Å². The fraction of sp³-hybridized carbons (Fsp3) is 0.312. The molecule has 0 saturated carbocycles. The third-order valence-electron chi connectivity index (χ3n) is 6.76. The molecule has 1 unspecified atom stereocenters. The van der Waals surface area contributed by atoms with Crippen molar-refractivity contribution >= 4 is 47.7 Å². The van der Waals surface area contributed by atoms with Crippen molar-refractivity contribution in [3.05, 3.63) is 108 Å². The molecule has 1 atom stereocenters. The molecule has 5 rings (SSSR count). The topological polar surface area (TPSA) is 41.1 Å². The molecular weight excluding hydrogens is 537 g/mol. The Morgan fingerprint density at radius 2 is 1.18 bits per heavy atom. The first-order valence-electron chi connectivity index (χ1n) is 13.8. The molecule has 1 aliphatic rings. The summed E-state index contributed by atoms with van der Waals surface area (Å²) in [5.41, 5.74) is 5.08. The summed E-state index contributed by atoms with van der Waals surface area (Å²) in [6, 6.07) is 32.1. The number of thiol groups is 1. The molecule has 7 heteroatoms. The van der Waals surface area contributed by atoms with Gasteiger partial charge in [-0.15, -0.1) is 24.4 Å². The van der Waals surface area contributed by atoms with Crippen LogP contribution in [0.5, 0.6) is 0 Å². The molecule has 39 heavy (non-hydrogen) atoms. The zero-order valence-corrected chi connectivity index (χ0v) is 24.7. The second-order valence-electron chi connectivity index (χ2n) is 9.69. The lowest BCUT2D eigenvalue weighted by molar-refractivity contribution is 0.736. The van der Waals surface area contributed by atoms with Gasteiger partial charge in [0.05, 0.1) is 0 Å². The Morgan fingerprint density at radius 3 is 1.74 bits per heavy atom. The number of aryl methyl sites for hydroxylation is 3. The first-order chi connectivity index (χ1) is 19.3. The fourth-order valence-corrected chi connectivity index (χ4v) is 6.85. The van der Waals surface area contributed by atoms with Gasteiger partial charge in [0, 0.05) is 12.3 Å². The van der Waals surface area contributed by atoms with Crippen molar-refractivity contribution in [3.63, 3.8) is 0 Å². The minimum Gasteiger partial charge on any atom is -0.352 e. The zero-order chi connectivity index (χ0) is 26.7. The second-order valence-corrected chi connectivity index (χ2v) is 12.3. The monoisotopic (exact) mass is 572 g/mol. The molecule has 1 aliphatic heterocycles. The molecule has 0 aliphatic carbocycles. The van der Waals surface area contributed by atoms with Crippen molar-refractivity contribution in [1.29, 1.82) is 0 Å². The highest BCUT2D eigenvalue weighted by Crippen LogP contribution is 2.42. The van der Waals surface area contributed by atoms with Crippen LogP contribution in [0.3, 0.4) is 0 Å². The molecule has 0 spiro atoms. The van der Waals surface area contributed by atoms with Gasteiger partial charge in [-0.3, -0.25) is 0 Å². The molecular formula is C32H36N4S3. The maximum atomic E-state index is 5.04. The van der Waals surface area contributed by atoms with Gasteiger partial charge in [-0.25, -0.2) is 9.97 Å². The molecule has 0 bridgehead atoms. The van der Waals surface area contributed by atoms with Gasteiger partial charge in [-0.1, -0.05) is 103 Å². The van der Waals surface area contributed by atoms with Crippen molar-refractivity contribution in [2.24, 2.45) is 0 Å². The zero-order valence-electron chi connectivity index (χ0n) is 22.2. The fourth-order valence-electron chi connectivity index (χ4n) is 4.74. The lowest BCUT2D eigenvalue weighted by Crippen LogP contribution is -2.32. The average molecular weight is 573 g/mol. The van der Waals surface area contributed by atoms with E-state index in [0.29, 0.717) is 0 Å². The lowest BCUT2D eigenvalue weighted by Gasteiger charge is -2.22. The largest absolute Gasteiger partial charge is 0.352 e. The quantitative estimate of drug-likeness (QED) is 0.0525. The number of thioether (sulfide) groups is 2. The Labute approximate surface area is 246 Å². The summed E-state index contributed by atoms with van der Waals surface area (Å²) in [6.45, 7) is 0.899. The van der Waals surface area contributed by atoms with Crippen LogP contribution >= 0.6 is 36.2 Å². The lowest BCUT2D eigenvalue weighted by atomic mass is 10.1. The summed E-state index contributed by atoms with van der Waals surface area (Å²) in [7, 11) is 0. The summed E-state index contributed by atoms with van der Waals surface area (Å²) >= 11 is 8.49. The summed E-state index contributed by atoms with van der Waals surface area (Å²) in [5.74, 6) is 3.01. The van der Waals surface area contributed by atoms with Crippen LogP contribution in [0.15, 0.2) is 101 Å². The van der Waals surface area contributed by atoms with Gasteiger partial charge in [0.25, 0.3) is 0 Å².